The third-order valence-electron chi connectivity index (χ3n) is 6.64. The number of halogens is 3. The molecule has 0 unspecified atom stereocenters. The molecule has 4 rings (SSSR count). The predicted octanol–water partition coefficient (Wildman–Crippen LogP) is 2.71. The Bertz CT molecular complexity index is 998. The Morgan fingerprint density at radius 1 is 1.16 bits per heavy atom. The van der Waals surface area contributed by atoms with Gasteiger partial charge < -0.3 is 15.1 Å². The molecule has 1 aromatic carbocycles. The first-order valence-corrected chi connectivity index (χ1v) is 12.2. The summed E-state index contributed by atoms with van der Waals surface area (Å²) in [6, 6.07) is 4.97. The van der Waals surface area contributed by atoms with E-state index in [0.29, 0.717) is 57.4 Å². The summed E-state index contributed by atoms with van der Waals surface area (Å²) in [5, 5.41) is 3.01. The Labute approximate surface area is 184 Å². The Kier molecular flexibility index (Phi) is 5.89. The first-order valence-electron chi connectivity index (χ1n) is 10.7. The number of alkyl halides is 3. The molecule has 0 radical (unpaired) electrons. The number of benzene rings is 1. The topological polar surface area (TPSA) is 86.8 Å². The van der Waals surface area contributed by atoms with E-state index in [0.717, 1.165) is 25.0 Å². The summed E-state index contributed by atoms with van der Waals surface area (Å²) in [6.07, 6.45) is 4.10. The fourth-order valence-corrected chi connectivity index (χ4v) is 5.73. The highest BCUT2D eigenvalue weighted by molar-refractivity contribution is 7.92. The van der Waals surface area contributed by atoms with Crippen LogP contribution in [0.15, 0.2) is 29.2 Å². The lowest BCUT2D eigenvalue weighted by atomic mass is 9.81. The minimum absolute atomic E-state index is 0.0382. The van der Waals surface area contributed by atoms with E-state index in [9.17, 15) is 31.2 Å². The van der Waals surface area contributed by atoms with Crippen molar-refractivity contribution in [2.75, 3.05) is 26.2 Å². The molecule has 3 saturated heterocycles. The molecule has 1 spiro atoms. The molecule has 0 aliphatic carbocycles. The van der Waals surface area contributed by atoms with Gasteiger partial charge in [-0.3, -0.25) is 4.79 Å². The van der Waals surface area contributed by atoms with Crippen molar-refractivity contribution in [2.45, 2.75) is 54.5 Å². The molecule has 3 amide bonds. The fraction of sp³-hybridized carbons (Fsp3) is 0.619. The van der Waals surface area contributed by atoms with E-state index in [-0.39, 0.29) is 23.4 Å². The lowest BCUT2D eigenvalue weighted by Gasteiger charge is -2.53. The van der Waals surface area contributed by atoms with E-state index in [1.54, 1.807) is 15.9 Å². The molecule has 0 atom stereocenters. The fourth-order valence-electron chi connectivity index (χ4n) is 4.90. The third-order valence-corrected chi connectivity index (χ3v) is 8.13. The minimum Gasteiger partial charge on any atom is -0.347 e. The van der Waals surface area contributed by atoms with Crippen molar-refractivity contribution in [3.8, 4) is 0 Å². The molecule has 3 fully saturated rings. The first-order chi connectivity index (χ1) is 15.0. The van der Waals surface area contributed by atoms with E-state index in [1.807, 2.05) is 0 Å². The van der Waals surface area contributed by atoms with Crippen LogP contribution in [-0.4, -0.2) is 67.4 Å². The van der Waals surface area contributed by atoms with Gasteiger partial charge in [0, 0.05) is 32.6 Å². The second-order valence-electron chi connectivity index (χ2n) is 9.05. The number of sulfone groups is 1. The summed E-state index contributed by atoms with van der Waals surface area (Å²) < 4.78 is 61.7. The predicted molar refractivity (Wildman–Crippen MR) is 109 cm³/mol. The standard InChI is InChI=1S/C21H26F3N3O4S/c22-21(23,24)32(30,31)17-4-1-3-16(12-17)11-15-6-9-26(10-7-15)19(29)27-13-20(14-27)8-2-5-18(28)25-20/h1,3-4,12,15H,2,5-11,13-14H2,(H,25,28). The van der Waals surface area contributed by atoms with Crippen molar-refractivity contribution >= 4 is 21.8 Å². The van der Waals surface area contributed by atoms with Crippen molar-refractivity contribution in [2.24, 2.45) is 5.92 Å². The second-order valence-corrected chi connectivity index (χ2v) is 11.0. The maximum atomic E-state index is 12.8. The van der Waals surface area contributed by atoms with E-state index >= 15 is 0 Å². The maximum Gasteiger partial charge on any atom is 0.501 e. The zero-order valence-electron chi connectivity index (χ0n) is 17.5. The van der Waals surface area contributed by atoms with Crippen LogP contribution in [0.1, 0.15) is 37.7 Å². The molecule has 3 aliphatic rings. The highest BCUT2D eigenvalue weighted by Gasteiger charge is 2.49. The van der Waals surface area contributed by atoms with E-state index in [2.05, 4.69) is 5.32 Å². The van der Waals surface area contributed by atoms with Crippen LogP contribution in [0.3, 0.4) is 0 Å². The number of likely N-dealkylation sites (tertiary alicyclic amines) is 2. The number of amides is 3. The SMILES string of the molecule is O=C1CCCC2(CN(C(=O)N3CCC(Cc4cccc(S(=O)(=O)C(F)(F)F)c4)CC3)C2)N1. The molecular weight excluding hydrogens is 447 g/mol. The molecule has 176 valence electrons. The van der Waals surface area contributed by atoms with Gasteiger partial charge in [-0.1, -0.05) is 12.1 Å². The van der Waals surface area contributed by atoms with Crippen molar-refractivity contribution in [1.82, 2.24) is 15.1 Å². The molecule has 32 heavy (non-hydrogen) atoms. The molecule has 3 heterocycles. The minimum atomic E-state index is -5.37. The van der Waals surface area contributed by atoms with Gasteiger partial charge in [0.1, 0.15) is 0 Å². The van der Waals surface area contributed by atoms with Gasteiger partial charge in [0.2, 0.25) is 5.91 Å². The lowest BCUT2D eigenvalue weighted by Crippen LogP contribution is -2.73. The third kappa shape index (κ3) is 4.44. The Morgan fingerprint density at radius 2 is 1.84 bits per heavy atom. The van der Waals surface area contributed by atoms with Crippen LogP contribution in [-0.2, 0) is 21.1 Å². The highest BCUT2D eigenvalue weighted by Crippen LogP contribution is 2.33. The smallest absolute Gasteiger partial charge is 0.347 e. The molecule has 0 saturated carbocycles. The average molecular weight is 474 g/mol. The summed E-state index contributed by atoms with van der Waals surface area (Å²) in [5.41, 5.74) is -5.06. The summed E-state index contributed by atoms with van der Waals surface area (Å²) in [6.45, 7) is 2.13. The van der Waals surface area contributed by atoms with Gasteiger partial charge in [-0.25, -0.2) is 13.2 Å². The van der Waals surface area contributed by atoms with E-state index < -0.39 is 20.2 Å². The molecule has 0 aromatic heterocycles. The zero-order chi connectivity index (χ0) is 23.1. The van der Waals surface area contributed by atoms with Gasteiger partial charge in [0.25, 0.3) is 9.84 Å². The Balaban J connectivity index is 1.29. The van der Waals surface area contributed by atoms with Crippen LogP contribution in [0.5, 0.6) is 0 Å². The molecular formula is C21H26F3N3O4S. The molecule has 0 bridgehead atoms. The van der Waals surface area contributed by atoms with Gasteiger partial charge in [-0.2, -0.15) is 13.2 Å². The largest absolute Gasteiger partial charge is 0.501 e. The van der Waals surface area contributed by atoms with Gasteiger partial charge in [0.15, 0.2) is 0 Å². The number of hydrogen-bond donors (Lipinski definition) is 1. The number of carbonyl (C=O) groups excluding carboxylic acids is 2. The van der Waals surface area contributed by atoms with Gasteiger partial charge in [0.05, 0.1) is 10.4 Å². The molecule has 11 heteroatoms. The second kappa shape index (κ2) is 8.24. The number of nitrogens with zero attached hydrogens (tertiary/aromatic N) is 2. The number of rotatable bonds is 3. The number of urea groups is 1. The summed E-state index contributed by atoms with van der Waals surface area (Å²) in [7, 11) is -5.37. The number of hydrogen-bond acceptors (Lipinski definition) is 4. The van der Waals surface area contributed by atoms with Crippen LogP contribution >= 0.6 is 0 Å². The quantitative estimate of drug-likeness (QED) is 0.732. The van der Waals surface area contributed by atoms with Gasteiger partial charge in [-0.15, -0.1) is 0 Å². The number of piperidine rings is 2. The first kappa shape index (κ1) is 22.9. The average Bonchev–Trinajstić information content (AvgIpc) is 2.71. The number of nitrogens with one attached hydrogen (secondary N) is 1. The summed E-state index contributed by atoms with van der Waals surface area (Å²) >= 11 is 0. The van der Waals surface area contributed by atoms with Crippen LogP contribution in [0, 0.1) is 5.92 Å². The highest BCUT2D eigenvalue weighted by atomic mass is 32.2. The van der Waals surface area contributed by atoms with Crippen LogP contribution in [0.25, 0.3) is 0 Å². The normalized spacial score (nSPS) is 21.9. The molecule has 1 N–H and O–H groups in total. The van der Waals surface area contributed by atoms with Crippen LogP contribution in [0.4, 0.5) is 18.0 Å². The van der Waals surface area contributed by atoms with Crippen molar-refractivity contribution in [3.63, 3.8) is 0 Å². The van der Waals surface area contributed by atoms with Crippen LogP contribution in [0.2, 0.25) is 0 Å². The van der Waals surface area contributed by atoms with Crippen molar-refractivity contribution in [1.29, 1.82) is 0 Å². The summed E-state index contributed by atoms with van der Waals surface area (Å²) in [4.78, 5) is 27.2. The zero-order valence-corrected chi connectivity index (χ0v) is 18.3. The monoisotopic (exact) mass is 473 g/mol. The van der Waals surface area contributed by atoms with Crippen molar-refractivity contribution in [3.05, 3.63) is 29.8 Å². The van der Waals surface area contributed by atoms with Crippen molar-refractivity contribution < 1.29 is 31.2 Å². The molecule has 7 nitrogen and oxygen atoms in total. The van der Waals surface area contributed by atoms with Gasteiger partial charge in [-0.05, 0) is 55.7 Å². The van der Waals surface area contributed by atoms with E-state index in [4.69, 9.17) is 0 Å². The number of carbonyl (C=O) groups is 2. The van der Waals surface area contributed by atoms with Crippen LogP contribution < -0.4 is 5.32 Å². The lowest BCUT2D eigenvalue weighted by molar-refractivity contribution is -0.128. The molecule has 1 aromatic rings. The molecule has 3 aliphatic heterocycles. The maximum absolute atomic E-state index is 12.8. The summed E-state index contributed by atoms with van der Waals surface area (Å²) in [5.74, 6) is 0.194. The Hall–Kier alpha value is -2.30. The van der Waals surface area contributed by atoms with Gasteiger partial charge >= 0.3 is 11.5 Å². The Morgan fingerprint density at radius 3 is 2.47 bits per heavy atom. The van der Waals surface area contributed by atoms with E-state index in [1.165, 1.54) is 6.07 Å².